The maximum Gasteiger partial charge on any atom is 0.253 e. The van der Waals surface area contributed by atoms with E-state index in [0.29, 0.717) is 5.56 Å². The summed E-state index contributed by atoms with van der Waals surface area (Å²) in [7, 11) is 0. The lowest BCUT2D eigenvalue weighted by Gasteiger charge is -2.42. The van der Waals surface area contributed by atoms with Crippen molar-refractivity contribution < 1.29 is 0 Å². The fourth-order valence-corrected chi connectivity index (χ4v) is 7.12. The van der Waals surface area contributed by atoms with Crippen LogP contribution in [-0.4, -0.2) is 61.2 Å². The molecule has 7 rings (SSSR count). The minimum atomic E-state index is -0.334. The minimum absolute atomic E-state index is 0.0735. The highest BCUT2D eigenvalue weighted by Crippen LogP contribution is 2.36. The van der Waals surface area contributed by atoms with E-state index in [4.69, 9.17) is 0 Å². The van der Waals surface area contributed by atoms with Crippen LogP contribution in [0.2, 0.25) is 0 Å². The molecule has 0 amide bonds. The summed E-state index contributed by atoms with van der Waals surface area (Å²) in [5, 5.41) is 14.3. The summed E-state index contributed by atoms with van der Waals surface area (Å²) in [6, 6.07) is 27.9. The number of fused-ring (bicyclic) bond motifs is 1. The van der Waals surface area contributed by atoms with Gasteiger partial charge in [-0.3, -0.25) is 14.6 Å². The quantitative estimate of drug-likeness (QED) is 0.267. The van der Waals surface area contributed by atoms with Gasteiger partial charge in [0.15, 0.2) is 5.82 Å². The molecule has 1 aliphatic carbocycles. The highest BCUT2D eigenvalue weighted by Gasteiger charge is 2.36. The molecular formula is C35H39N7O. The Bertz CT molecular complexity index is 1710. The molecule has 8 heteroatoms. The number of aromatic amines is 1. The van der Waals surface area contributed by atoms with Crippen molar-refractivity contribution in [1.82, 2.24) is 35.0 Å². The number of rotatable bonds is 7. The van der Waals surface area contributed by atoms with Gasteiger partial charge in [-0.05, 0) is 83.0 Å². The van der Waals surface area contributed by atoms with Gasteiger partial charge in [0.1, 0.15) is 6.04 Å². The Morgan fingerprint density at radius 2 is 1.35 bits per heavy atom. The van der Waals surface area contributed by atoms with Crippen molar-refractivity contribution in [1.29, 1.82) is 0 Å². The summed E-state index contributed by atoms with van der Waals surface area (Å²) < 4.78 is 2.02. The van der Waals surface area contributed by atoms with E-state index in [-0.39, 0.29) is 23.7 Å². The first-order chi connectivity index (χ1) is 21.1. The zero-order valence-electron chi connectivity index (χ0n) is 25.0. The molecular weight excluding hydrogens is 534 g/mol. The Morgan fingerprint density at radius 3 is 1.98 bits per heavy atom. The highest BCUT2D eigenvalue weighted by atomic mass is 16.1. The molecule has 1 atom stereocenters. The predicted octanol–water partition coefficient (Wildman–Crippen LogP) is 5.74. The molecule has 0 bridgehead atoms. The van der Waals surface area contributed by atoms with E-state index in [0.717, 1.165) is 55.7 Å². The van der Waals surface area contributed by atoms with E-state index in [2.05, 4.69) is 123 Å². The number of nitrogens with zero attached hydrogens (tertiary/aromatic N) is 6. The lowest BCUT2D eigenvalue weighted by Crippen LogP contribution is -2.50. The third kappa shape index (κ3) is 5.41. The van der Waals surface area contributed by atoms with E-state index >= 15 is 0 Å². The van der Waals surface area contributed by atoms with Crippen LogP contribution < -0.4 is 5.56 Å². The number of H-pyrrole nitrogens is 1. The van der Waals surface area contributed by atoms with E-state index in [1.165, 1.54) is 35.1 Å². The molecule has 220 valence electrons. The summed E-state index contributed by atoms with van der Waals surface area (Å²) >= 11 is 0. The van der Waals surface area contributed by atoms with Gasteiger partial charge in [-0.2, -0.15) is 0 Å². The summed E-state index contributed by atoms with van der Waals surface area (Å²) in [5.74, 6) is 0.775. The molecule has 2 aromatic heterocycles. The van der Waals surface area contributed by atoms with Crippen LogP contribution in [-0.2, 0) is 0 Å². The van der Waals surface area contributed by atoms with Gasteiger partial charge in [-0.25, -0.2) is 4.68 Å². The van der Waals surface area contributed by atoms with Gasteiger partial charge < -0.3 is 4.98 Å². The van der Waals surface area contributed by atoms with Crippen molar-refractivity contribution in [3.8, 4) is 0 Å². The van der Waals surface area contributed by atoms with Gasteiger partial charge in [0, 0.05) is 37.3 Å². The smallest absolute Gasteiger partial charge is 0.253 e. The predicted molar refractivity (Wildman–Crippen MR) is 169 cm³/mol. The molecule has 0 radical (unpaired) electrons. The van der Waals surface area contributed by atoms with Crippen LogP contribution in [0.1, 0.15) is 77.5 Å². The van der Waals surface area contributed by atoms with Crippen LogP contribution in [0.3, 0.4) is 0 Å². The van der Waals surface area contributed by atoms with Gasteiger partial charge in [-0.15, -0.1) is 5.10 Å². The van der Waals surface area contributed by atoms with E-state index in [9.17, 15) is 4.79 Å². The molecule has 5 aromatic rings. The Kier molecular flexibility index (Phi) is 7.63. The van der Waals surface area contributed by atoms with Gasteiger partial charge in [0.2, 0.25) is 0 Å². The van der Waals surface area contributed by atoms with Crippen LogP contribution in [0.4, 0.5) is 0 Å². The average molecular weight is 574 g/mol. The van der Waals surface area contributed by atoms with Crippen molar-refractivity contribution in [2.24, 2.45) is 0 Å². The second kappa shape index (κ2) is 11.9. The summed E-state index contributed by atoms with van der Waals surface area (Å²) in [6.45, 7) is 7.51. The first-order valence-electron chi connectivity index (χ1n) is 15.6. The summed E-state index contributed by atoms with van der Waals surface area (Å²) in [5.41, 5.74) is 6.46. The lowest BCUT2D eigenvalue weighted by atomic mass is 9.95. The maximum atomic E-state index is 13.8. The van der Waals surface area contributed by atoms with Crippen molar-refractivity contribution in [3.63, 3.8) is 0 Å². The van der Waals surface area contributed by atoms with Gasteiger partial charge in [0.25, 0.3) is 5.56 Å². The second-order valence-electron chi connectivity index (χ2n) is 12.2. The van der Waals surface area contributed by atoms with Crippen LogP contribution in [0, 0.1) is 13.8 Å². The molecule has 2 aliphatic rings. The maximum absolute atomic E-state index is 13.8. The van der Waals surface area contributed by atoms with Crippen LogP contribution in [0.25, 0.3) is 10.9 Å². The molecule has 8 nitrogen and oxygen atoms in total. The van der Waals surface area contributed by atoms with Gasteiger partial charge in [-0.1, -0.05) is 73.5 Å². The largest absolute Gasteiger partial charge is 0.322 e. The Labute approximate surface area is 252 Å². The Hall–Kier alpha value is -4.14. The van der Waals surface area contributed by atoms with Crippen molar-refractivity contribution >= 4 is 10.9 Å². The zero-order chi connectivity index (χ0) is 29.3. The monoisotopic (exact) mass is 573 g/mol. The fourth-order valence-electron chi connectivity index (χ4n) is 7.12. The van der Waals surface area contributed by atoms with E-state index in [1.807, 2.05) is 4.68 Å². The van der Waals surface area contributed by atoms with Gasteiger partial charge in [0.05, 0.1) is 12.1 Å². The molecule has 3 heterocycles. The number of nitrogens with one attached hydrogen (secondary N) is 1. The van der Waals surface area contributed by atoms with Crippen LogP contribution >= 0.6 is 0 Å². The Balaban J connectivity index is 1.26. The molecule has 1 N–H and O–H groups in total. The number of hydrogen-bond donors (Lipinski definition) is 1. The molecule has 3 aromatic carbocycles. The number of benzene rings is 3. The van der Waals surface area contributed by atoms with Crippen LogP contribution in [0.15, 0.2) is 83.7 Å². The number of piperazine rings is 1. The first kappa shape index (κ1) is 27.7. The number of hydrogen-bond acceptors (Lipinski definition) is 6. The third-order valence-corrected chi connectivity index (χ3v) is 9.53. The number of pyridine rings is 1. The molecule has 1 saturated carbocycles. The minimum Gasteiger partial charge on any atom is -0.322 e. The summed E-state index contributed by atoms with van der Waals surface area (Å²) in [6.07, 6.45) is 4.51. The second-order valence-corrected chi connectivity index (χ2v) is 12.2. The highest BCUT2D eigenvalue weighted by molar-refractivity contribution is 5.81. The molecule has 0 unspecified atom stereocenters. The standard InChI is InChI=1S/C35H39N7O/c1-24-21-28-23-30(35(43)36-31(28)22-25(24)2)33(34-37-38-39-42(34)29-15-9-10-16-29)41-19-17-40(18-20-41)32(26-11-5-3-6-12-26)27-13-7-4-8-14-27/h3-8,11-14,21-23,29,32-33H,9-10,15-20H2,1-2H3,(H,36,43)/t33-/m0/s1. The van der Waals surface area contributed by atoms with Crippen molar-refractivity contribution in [2.45, 2.75) is 57.7 Å². The molecule has 43 heavy (non-hydrogen) atoms. The fraction of sp³-hybridized carbons (Fsp3) is 0.371. The third-order valence-electron chi connectivity index (χ3n) is 9.53. The molecule has 2 fully saturated rings. The van der Waals surface area contributed by atoms with Gasteiger partial charge >= 0.3 is 0 Å². The molecule has 0 spiro atoms. The molecule has 1 saturated heterocycles. The lowest BCUT2D eigenvalue weighted by molar-refractivity contribution is 0.0850. The number of tetrazole rings is 1. The normalized spacial score (nSPS) is 17.7. The molecule has 1 aliphatic heterocycles. The van der Waals surface area contributed by atoms with Crippen LogP contribution in [0.5, 0.6) is 0 Å². The summed E-state index contributed by atoms with van der Waals surface area (Å²) in [4.78, 5) is 22.0. The number of aromatic nitrogens is 5. The topological polar surface area (TPSA) is 82.9 Å². The first-order valence-corrected chi connectivity index (χ1v) is 15.6. The van der Waals surface area contributed by atoms with Crippen molar-refractivity contribution in [2.75, 3.05) is 26.2 Å². The van der Waals surface area contributed by atoms with E-state index < -0.39 is 0 Å². The zero-order valence-corrected chi connectivity index (χ0v) is 25.0. The average Bonchev–Trinajstić information content (AvgIpc) is 3.74. The SMILES string of the molecule is Cc1cc2cc([C@@H](c3nnnn3C3CCCC3)N3CCN(C(c4ccccc4)c4ccccc4)CC3)c(=O)[nH]c2cc1C. The Morgan fingerprint density at radius 1 is 0.767 bits per heavy atom. The van der Waals surface area contributed by atoms with E-state index in [1.54, 1.807) is 0 Å². The number of aryl methyl sites for hydroxylation is 2. The van der Waals surface area contributed by atoms with Crippen molar-refractivity contribution in [3.05, 3.63) is 123 Å².